The van der Waals surface area contributed by atoms with Gasteiger partial charge in [-0.05, 0) is 49.6 Å². The molecule has 5 nitrogen and oxygen atoms in total. The summed E-state index contributed by atoms with van der Waals surface area (Å²) in [4.78, 5) is 16.7. The number of methoxy groups -OCH3 is 1. The third-order valence-electron chi connectivity index (χ3n) is 5.00. The molecule has 1 saturated heterocycles. The number of amides is 2. The summed E-state index contributed by atoms with van der Waals surface area (Å²) in [6.45, 7) is 8.81. The third-order valence-corrected chi connectivity index (χ3v) is 5.41. The van der Waals surface area contributed by atoms with Crippen LogP contribution in [0.5, 0.6) is 5.75 Å². The zero-order chi connectivity index (χ0) is 19.6. The van der Waals surface area contributed by atoms with E-state index < -0.39 is 0 Å². The quantitative estimate of drug-likeness (QED) is 0.835. The molecule has 27 heavy (non-hydrogen) atoms. The molecule has 2 aromatic carbocycles. The number of rotatable bonds is 3. The van der Waals surface area contributed by atoms with Gasteiger partial charge in [-0.3, -0.25) is 0 Å². The largest absolute Gasteiger partial charge is 0.495 e. The SMILES string of the molecule is COc1cc(Cl)c(C)cc1N1CCN(C(=O)Nc2cc(C)ccc2C)CC1. The lowest BCUT2D eigenvalue weighted by atomic mass is 10.1. The van der Waals surface area contributed by atoms with Crippen molar-refractivity contribution in [3.05, 3.63) is 52.0 Å². The number of nitrogens with zero attached hydrogens (tertiary/aromatic N) is 2. The summed E-state index contributed by atoms with van der Waals surface area (Å²) >= 11 is 6.21. The van der Waals surface area contributed by atoms with Crippen molar-refractivity contribution in [1.82, 2.24) is 4.90 Å². The molecule has 0 unspecified atom stereocenters. The number of aryl methyl sites for hydroxylation is 3. The van der Waals surface area contributed by atoms with Crippen LogP contribution < -0.4 is 15.0 Å². The lowest BCUT2D eigenvalue weighted by Gasteiger charge is -2.36. The van der Waals surface area contributed by atoms with Crippen molar-refractivity contribution < 1.29 is 9.53 Å². The van der Waals surface area contributed by atoms with Crippen LogP contribution in [0.15, 0.2) is 30.3 Å². The Balaban J connectivity index is 1.66. The summed E-state index contributed by atoms with van der Waals surface area (Å²) in [6, 6.07) is 9.93. The zero-order valence-electron chi connectivity index (χ0n) is 16.3. The second-order valence-corrected chi connectivity index (χ2v) is 7.40. The molecule has 0 saturated carbocycles. The van der Waals surface area contributed by atoms with Crippen LogP contribution in [0.4, 0.5) is 16.2 Å². The molecule has 1 fully saturated rings. The van der Waals surface area contributed by atoms with E-state index >= 15 is 0 Å². The number of ether oxygens (including phenoxy) is 1. The number of benzene rings is 2. The Morgan fingerprint density at radius 1 is 1.04 bits per heavy atom. The van der Waals surface area contributed by atoms with E-state index in [0.29, 0.717) is 18.1 Å². The van der Waals surface area contributed by atoms with Crippen molar-refractivity contribution in [3.8, 4) is 5.75 Å². The molecular weight excluding hydrogens is 362 g/mol. The van der Waals surface area contributed by atoms with E-state index in [4.69, 9.17) is 16.3 Å². The van der Waals surface area contributed by atoms with Crippen LogP contribution in [-0.4, -0.2) is 44.2 Å². The highest BCUT2D eigenvalue weighted by atomic mass is 35.5. The summed E-state index contributed by atoms with van der Waals surface area (Å²) in [5, 5.41) is 3.74. The van der Waals surface area contributed by atoms with Gasteiger partial charge in [-0.2, -0.15) is 0 Å². The van der Waals surface area contributed by atoms with Gasteiger partial charge in [0.2, 0.25) is 0 Å². The van der Waals surface area contributed by atoms with Crippen LogP contribution in [0.1, 0.15) is 16.7 Å². The number of carbonyl (C=O) groups is 1. The molecule has 0 spiro atoms. The average molecular weight is 388 g/mol. The van der Waals surface area contributed by atoms with Crippen LogP contribution in [0, 0.1) is 20.8 Å². The average Bonchev–Trinajstić information content (AvgIpc) is 2.66. The van der Waals surface area contributed by atoms with Crippen LogP contribution in [0.25, 0.3) is 0 Å². The molecule has 6 heteroatoms. The predicted molar refractivity (Wildman–Crippen MR) is 111 cm³/mol. The number of halogens is 1. The Hall–Kier alpha value is -2.40. The van der Waals surface area contributed by atoms with E-state index in [1.54, 1.807) is 7.11 Å². The minimum absolute atomic E-state index is 0.0531. The van der Waals surface area contributed by atoms with Crippen molar-refractivity contribution in [2.45, 2.75) is 20.8 Å². The minimum atomic E-state index is -0.0531. The number of piperazine rings is 1. The Bertz CT molecular complexity index is 846. The molecule has 0 radical (unpaired) electrons. The van der Waals surface area contributed by atoms with Crippen molar-refractivity contribution in [3.63, 3.8) is 0 Å². The van der Waals surface area contributed by atoms with E-state index in [2.05, 4.69) is 10.2 Å². The molecule has 3 rings (SSSR count). The Morgan fingerprint density at radius 3 is 2.41 bits per heavy atom. The highest BCUT2D eigenvalue weighted by Crippen LogP contribution is 2.34. The first-order valence-electron chi connectivity index (χ1n) is 9.11. The van der Waals surface area contributed by atoms with Gasteiger partial charge in [0.25, 0.3) is 0 Å². The smallest absolute Gasteiger partial charge is 0.321 e. The number of nitrogens with one attached hydrogen (secondary N) is 1. The fourth-order valence-corrected chi connectivity index (χ4v) is 3.43. The summed E-state index contributed by atoms with van der Waals surface area (Å²) in [7, 11) is 1.65. The highest BCUT2D eigenvalue weighted by Gasteiger charge is 2.24. The molecule has 1 heterocycles. The van der Waals surface area contributed by atoms with Crippen LogP contribution in [0.2, 0.25) is 5.02 Å². The topological polar surface area (TPSA) is 44.8 Å². The van der Waals surface area contributed by atoms with Gasteiger partial charge in [0, 0.05) is 43.0 Å². The standard InChI is InChI=1S/C21H26ClN3O2/c1-14-5-6-15(2)18(11-14)23-21(26)25-9-7-24(8-10-25)19-12-16(3)17(22)13-20(19)27-4/h5-6,11-13H,7-10H2,1-4H3,(H,23,26). The Morgan fingerprint density at radius 2 is 1.74 bits per heavy atom. The highest BCUT2D eigenvalue weighted by molar-refractivity contribution is 6.31. The third kappa shape index (κ3) is 4.30. The van der Waals surface area contributed by atoms with Gasteiger partial charge in [0.05, 0.1) is 12.8 Å². The van der Waals surface area contributed by atoms with E-state index in [1.807, 2.05) is 56.0 Å². The Labute approximate surface area is 165 Å². The zero-order valence-corrected chi connectivity index (χ0v) is 17.1. The van der Waals surface area contributed by atoms with Gasteiger partial charge in [0.1, 0.15) is 5.75 Å². The summed E-state index contributed by atoms with van der Waals surface area (Å²) in [5.41, 5.74) is 5.11. The molecule has 1 aliphatic rings. The minimum Gasteiger partial charge on any atom is -0.495 e. The molecule has 1 aliphatic heterocycles. The molecule has 0 aromatic heterocycles. The summed E-state index contributed by atoms with van der Waals surface area (Å²) < 4.78 is 5.49. The maximum absolute atomic E-state index is 12.7. The molecule has 2 amide bonds. The van der Waals surface area contributed by atoms with Gasteiger partial charge >= 0.3 is 6.03 Å². The number of hydrogen-bond acceptors (Lipinski definition) is 3. The van der Waals surface area contributed by atoms with Crippen molar-refractivity contribution >= 4 is 29.0 Å². The van der Waals surface area contributed by atoms with Crippen LogP contribution in [0.3, 0.4) is 0 Å². The second-order valence-electron chi connectivity index (χ2n) is 7.00. The lowest BCUT2D eigenvalue weighted by molar-refractivity contribution is 0.208. The van der Waals surface area contributed by atoms with E-state index in [-0.39, 0.29) is 6.03 Å². The number of hydrogen-bond donors (Lipinski definition) is 1. The molecular formula is C21H26ClN3O2. The van der Waals surface area contributed by atoms with E-state index in [9.17, 15) is 4.79 Å². The van der Waals surface area contributed by atoms with E-state index in [1.165, 1.54) is 0 Å². The maximum Gasteiger partial charge on any atom is 0.321 e. The van der Waals surface area contributed by atoms with Gasteiger partial charge in [-0.25, -0.2) is 4.79 Å². The van der Waals surface area contributed by atoms with Crippen molar-refractivity contribution in [1.29, 1.82) is 0 Å². The number of carbonyl (C=O) groups excluding carboxylic acids is 1. The van der Waals surface area contributed by atoms with Gasteiger partial charge in [0.15, 0.2) is 0 Å². The van der Waals surface area contributed by atoms with Crippen molar-refractivity contribution in [2.24, 2.45) is 0 Å². The summed E-state index contributed by atoms with van der Waals surface area (Å²) in [5.74, 6) is 0.763. The molecule has 2 aromatic rings. The van der Waals surface area contributed by atoms with Crippen LogP contribution in [-0.2, 0) is 0 Å². The van der Waals surface area contributed by atoms with Crippen LogP contribution >= 0.6 is 11.6 Å². The molecule has 1 N–H and O–H groups in total. The predicted octanol–water partition coefficient (Wildman–Crippen LogP) is 4.63. The fourth-order valence-electron chi connectivity index (χ4n) is 3.27. The number of anilines is 2. The first-order chi connectivity index (χ1) is 12.9. The van der Waals surface area contributed by atoms with Gasteiger partial charge < -0.3 is 19.9 Å². The monoisotopic (exact) mass is 387 g/mol. The molecule has 0 bridgehead atoms. The van der Waals surface area contributed by atoms with E-state index in [0.717, 1.165) is 46.9 Å². The fraction of sp³-hybridized carbons (Fsp3) is 0.381. The first kappa shape index (κ1) is 19.4. The lowest BCUT2D eigenvalue weighted by Crippen LogP contribution is -2.50. The molecule has 144 valence electrons. The maximum atomic E-state index is 12.7. The normalized spacial score (nSPS) is 14.3. The summed E-state index contributed by atoms with van der Waals surface area (Å²) in [6.07, 6.45) is 0. The molecule has 0 aliphatic carbocycles. The number of urea groups is 1. The first-order valence-corrected chi connectivity index (χ1v) is 9.49. The van der Waals surface area contributed by atoms with Gasteiger partial charge in [-0.15, -0.1) is 0 Å². The molecule has 0 atom stereocenters. The van der Waals surface area contributed by atoms with Crippen molar-refractivity contribution in [2.75, 3.05) is 43.5 Å². The van der Waals surface area contributed by atoms with Gasteiger partial charge in [-0.1, -0.05) is 23.7 Å². The second kappa shape index (κ2) is 8.09. The Kier molecular flexibility index (Phi) is 5.80.